The first kappa shape index (κ1) is 23.8. The van der Waals surface area contributed by atoms with Crippen LogP contribution in [0.3, 0.4) is 0 Å². The lowest BCUT2D eigenvalue weighted by Gasteiger charge is -2.38. The summed E-state index contributed by atoms with van der Waals surface area (Å²) in [5, 5.41) is 3.95. The summed E-state index contributed by atoms with van der Waals surface area (Å²) >= 11 is 12.5. The summed E-state index contributed by atoms with van der Waals surface area (Å²) in [5.41, 5.74) is 2.71. The van der Waals surface area contributed by atoms with E-state index in [0.717, 1.165) is 25.7 Å². The first-order valence-electron chi connectivity index (χ1n) is 11.2. The smallest absolute Gasteiger partial charge is 0.337 e. The van der Waals surface area contributed by atoms with Gasteiger partial charge >= 0.3 is 11.9 Å². The van der Waals surface area contributed by atoms with Crippen LogP contribution in [0.25, 0.3) is 0 Å². The second-order valence-electron chi connectivity index (χ2n) is 9.02. The quantitative estimate of drug-likeness (QED) is 0.466. The normalized spacial score (nSPS) is 25.6. The first-order chi connectivity index (χ1) is 15.7. The average Bonchev–Trinajstić information content (AvgIpc) is 3.27. The zero-order chi connectivity index (χ0) is 23.9. The topological polar surface area (TPSA) is 81.7 Å². The van der Waals surface area contributed by atoms with E-state index in [-0.39, 0.29) is 17.8 Å². The molecule has 2 aliphatic carbocycles. The van der Waals surface area contributed by atoms with Crippen molar-refractivity contribution in [1.82, 2.24) is 5.32 Å². The van der Waals surface area contributed by atoms with Gasteiger partial charge in [0.1, 0.15) is 12.0 Å². The highest BCUT2D eigenvalue weighted by molar-refractivity contribution is 6.42. The fraction of sp³-hybridized carbons (Fsp3) is 0.480. The maximum absolute atomic E-state index is 13.7. The molecule has 1 N–H and O–H groups in total. The van der Waals surface area contributed by atoms with Crippen LogP contribution in [0.4, 0.5) is 0 Å². The third-order valence-corrected chi connectivity index (χ3v) is 7.55. The highest BCUT2D eigenvalue weighted by Gasteiger charge is 2.47. The third-order valence-electron chi connectivity index (χ3n) is 6.82. The van der Waals surface area contributed by atoms with E-state index in [4.69, 9.17) is 32.7 Å². The van der Waals surface area contributed by atoms with Crippen molar-refractivity contribution in [3.63, 3.8) is 0 Å². The number of dihydropyridines is 1. The second-order valence-corrected chi connectivity index (χ2v) is 9.84. The molecular weight excluding hydrogens is 465 g/mol. The first-order valence-corrected chi connectivity index (χ1v) is 12.0. The van der Waals surface area contributed by atoms with Crippen molar-refractivity contribution in [2.24, 2.45) is 11.8 Å². The van der Waals surface area contributed by atoms with Gasteiger partial charge in [-0.3, -0.25) is 9.59 Å². The van der Waals surface area contributed by atoms with Crippen LogP contribution in [0, 0.1) is 11.8 Å². The SMILES string of the molecule is COC(=O)[C@@H]1C(=O)C2=C(C[C@H]1C)NC(C)=C(C(=O)OC1CCCC1)[C@H]2c1ccc(Cl)c(Cl)c1. The Balaban J connectivity index is 1.82. The molecule has 176 valence electrons. The van der Waals surface area contributed by atoms with Crippen LogP contribution < -0.4 is 5.32 Å². The number of allylic oxidation sites excluding steroid dienone is 3. The highest BCUT2D eigenvalue weighted by Crippen LogP contribution is 2.46. The molecule has 8 heteroatoms. The summed E-state index contributed by atoms with van der Waals surface area (Å²) in [7, 11) is 1.27. The number of halogens is 2. The molecule has 0 spiro atoms. The number of methoxy groups -OCH3 is 1. The molecule has 1 aliphatic heterocycles. The molecule has 0 aromatic heterocycles. The lowest BCUT2D eigenvalue weighted by atomic mass is 9.69. The average molecular weight is 492 g/mol. The van der Waals surface area contributed by atoms with E-state index in [0.29, 0.717) is 44.6 Å². The Hall–Kier alpha value is -2.31. The molecular formula is C25H27Cl2NO5. The number of ether oxygens (including phenoxy) is 2. The van der Waals surface area contributed by atoms with Gasteiger partial charge in [-0.25, -0.2) is 4.79 Å². The maximum Gasteiger partial charge on any atom is 0.337 e. The van der Waals surface area contributed by atoms with Crippen molar-refractivity contribution in [2.75, 3.05) is 7.11 Å². The number of hydrogen-bond donors (Lipinski definition) is 1. The monoisotopic (exact) mass is 491 g/mol. The molecule has 3 aliphatic rings. The van der Waals surface area contributed by atoms with E-state index in [1.165, 1.54) is 7.11 Å². The summed E-state index contributed by atoms with van der Waals surface area (Å²) in [4.78, 5) is 39.6. The molecule has 1 aromatic carbocycles. The second kappa shape index (κ2) is 9.51. The number of carbonyl (C=O) groups excluding carboxylic acids is 3. The Morgan fingerprint density at radius 3 is 2.45 bits per heavy atom. The minimum absolute atomic E-state index is 0.132. The molecule has 0 amide bonds. The molecule has 0 bridgehead atoms. The lowest BCUT2D eigenvalue weighted by Crippen LogP contribution is -2.43. The van der Waals surface area contributed by atoms with E-state index in [1.807, 2.05) is 6.92 Å². The van der Waals surface area contributed by atoms with Gasteiger partial charge in [0, 0.05) is 22.9 Å². The number of Topliss-reactive ketones (excluding diaryl/α,β-unsaturated/α-hetero) is 1. The molecule has 33 heavy (non-hydrogen) atoms. The van der Waals surface area contributed by atoms with Gasteiger partial charge in [-0.2, -0.15) is 0 Å². The Kier molecular flexibility index (Phi) is 6.87. The molecule has 3 atom stereocenters. The Morgan fingerprint density at radius 2 is 1.82 bits per heavy atom. The minimum atomic E-state index is -0.939. The van der Waals surface area contributed by atoms with Crippen molar-refractivity contribution < 1.29 is 23.9 Å². The zero-order valence-corrected chi connectivity index (χ0v) is 20.4. The summed E-state index contributed by atoms with van der Waals surface area (Å²) in [6, 6.07) is 5.06. The van der Waals surface area contributed by atoms with Crippen LogP contribution in [-0.2, 0) is 23.9 Å². The van der Waals surface area contributed by atoms with Crippen molar-refractivity contribution >= 4 is 40.9 Å². The van der Waals surface area contributed by atoms with Gasteiger partial charge in [0.05, 0.1) is 22.7 Å². The summed E-state index contributed by atoms with van der Waals surface area (Å²) < 4.78 is 10.8. The largest absolute Gasteiger partial charge is 0.468 e. The fourth-order valence-corrected chi connectivity index (χ4v) is 5.50. The molecule has 4 rings (SSSR count). The molecule has 6 nitrogen and oxygen atoms in total. The van der Waals surface area contributed by atoms with Gasteiger partial charge in [0.15, 0.2) is 5.78 Å². The number of esters is 2. The van der Waals surface area contributed by atoms with Crippen LogP contribution in [0.5, 0.6) is 0 Å². The van der Waals surface area contributed by atoms with E-state index in [9.17, 15) is 14.4 Å². The molecule has 1 saturated carbocycles. The van der Waals surface area contributed by atoms with Gasteiger partial charge in [0.2, 0.25) is 0 Å². The van der Waals surface area contributed by atoms with E-state index in [2.05, 4.69) is 5.32 Å². The van der Waals surface area contributed by atoms with Crippen LogP contribution in [0.2, 0.25) is 10.0 Å². The summed E-state index contributed by atoms with van der Waals surface area (Å²) in [5.74, 6) is -3.30. The molecule has 1 aromatic rings. The summed E-state index contributed by atoms with van der Waals surface area (Å²) in [6.07, 6.45) is 4.05. The molecule has 0 unspecified atom stereocenters. The van der Waals surface area contributed by atoms with Crippen molar-refractivity contribution in [2.45, 2.75) is 58.0 Å². The summed E-state index contributed by atoms with van der Waals surface area (Å²) in [6.45, 7) is 3.66. The molecule has 0 radical (unpaired) electrons. The minimum Gasteiger partial charge on any atom is -0.468 e. The van der Waals surface area contributed by atoms with Gasteiger partial charge in [-0.1, -0.05) is 36.2 Å². The predicted molar refractivity (Wildman–Crippen MR) is 125 cm³/mol. The predicted octanol–water partition coefficient (Wildman–Crippen LogP) is 5.09. The van der Waals surface area contributed by atoms with E-state index in [1.54, 1.807) is 25.1 Å². The van der Waals surface area contributed by atoms with Gasteiger partial charge in [0.25, 0.3) is 0 Å². The number of benzene rings is 1. The lowest BCUT2D eigenvalue weighted by molar-refractivity contribution is -0.151. The Morgan fingerprint density at radius 1 is 1.12 bits per heavy atom. The van der Waals surface area contributed by atoms with E-state index >= 15 is 0 Å². The molecule has 0 saturated heterocycles. The number of hydrogen-bond acceptors (Lipinski definition) is 6. The number of ketones is 1. The number of nitrogens with one attached hydrogen (secondary N) is 1. The van der Waals surface area contributed by atoms with Gasteiger partial charge in [-0.05, 0) is 62.6 Å². The van der Waals surface area contributed by atoms with Crippen molar-refractivity contribution in [3.05, 3.63) is 56.3 Å². The molecule has 1 fully saturated rings. The van der Waals surface area contributed by atoms with Gasteiger partial charge in [-0.15, -0.1) is 0 Å². The highest BCUT2D eigenvalue weighted by atomic mass is 35.5. The van der Waals surface area contributed by atoms with Crippen LogP contribution >= 0.6 is 23.2 Å². The standard InChI is InChI=1S/C25H27Cl2NO5/c1-12-10-18-22(23(29)19(12)24(30)32-3)21(14-8-9-16(26)17(27)11-14)20(13(2)28-18)25(31)33-15-6-4-5-7-15/h8-9,11-12,15,19,21,28H,4-7,10H2,1-3H3/t12-,19+,21-/m1/s1. The van der Waals surface area contributed by atoms with Crippen LogP contribution in [-0.4, -0.2) is 30.9 Å². The maximum atomic E-state index is 13.7. The van der Waals surface area contributed by atoms with Crippen molar-refractivity contribution in [1.29, 1.82) is 0 Å². The Bertz CT molecular complexity index is 1070. The van der Waals surface area contributed by atoms with Crippen molar-refractivity contribution in [3.8, 4) is 0 Å². The Labute approximate surface area is 203 Å². The molecule has 1 heterocycles. The zero-order valence-electron chi connectivity index (χ0n) is 18.9. The van der Waals surface area contributed by atoms with Crippen LogP contribution in [0.1, 0.15) is 57.4 Å². The van der Waals surface area contributed by atoms with E-state index < -0.39 is 23.8 Å². The fourth-order valence-electron chi connectivity index (χ4n) is 5.20. The van der Waals surface area contributed by atoms with Gasteiger partial charge < -0.3 is 14.8 Å². The number of rotatable bonds is 4. The third kappa shape index (κ3) is 4.43. The van der Waals surface area contributed by atoms with Crippen LogP contribution in [0.15, 0.2) is 40.7 Å². The number of carbonyl (C=O) groups is 3.